The fourth-order valence-corrected chi connectivity index (χ4v) is 3.92. The fourth-order valence-electron chi connectivity index (χ4n) is 3.08. The van der Waals surface area contributed by atoms with Crippen LogP contribution in [0.3, 0.4) is 0 Å². The van der Waals surface area contributed by atoms with E-state index in [0.717, 1.165) is 32.3 Å². The Morgan fingerprint density at radius 1 is 1.15 bits per heavy atom. The van der Waals surface area contributed by atoms with E-state index in [-0.39, 0.29) is 18.9 Å². The Morgan fingerprint density at radius 2 is 1.78 bits per heavy atom. The molecule has 27 heavy (non-hydrogen) atoms. The molecule has 1 unspecified atom stereocenters. The summed E-state index contributed by atoms with van der Waals surface area (Å²) in [5, 5.41) is 21.7. The monoisotopic (exact) mass is 390 g/mol. The van der Waals surface area contributed by atoms with Gasteiger partial charge in [-0.25, -0.2) is 14.6 Å². The third kappa shape index (κ3) is 5.79. The van der Waals surface area contributed by atoms with Crippen molar-refractivity contribution in [3.63, 3.8) is 0 Å². The summed E-state index contributed by atoms with van der Waals surface area (Å²) in [5.74, 6) is -1.02. The normalized spacial score (nSPS) is 12.2. The zero-order valence-corrected chi connectivity index (χ0v) is 16.9. The van der Waals surface area contributed by atoms with Crippen LogP contribution in [0.15, 0.2) is 23.6 Å². The van der Waals surface area contributed by atoms with Gasteiger partial charge in [-0.1, -0.05) is 31.0 Å². The number of carboxylic acids is 1. The molecule has 6 nitrogen and oxygen atoms in total. The lowest BCUT2D eigenvalue weighted by atomic mass is 10.0. The number of hydrogen-bond donors (Lipinski definition) is 2. The van der Waals surface area contributed by atoms with Crippen molar-refractivity contribution in [1.29, 1.82) is 0 Å². The zero-order valence-electron chi connectivity index (χ0n) is 16.1. The van der Waals surface area contributed by atoms with Crippen molar-refractivity contribution in [1.82, 2.24) is 9.88 Å². The van der Waals surface area contributed by atoms with Crippen LogP contribution in [-0.2, 0) is 11.2 Å². The van der Waals surface area contributed by atoms with Crippen molar-refractivity contribution in [2.24, 2.45) is 5.92 Å². The highest BCUT2D eigenvalue weighted by Crippen LogP contribution is 2.26. The van der Waals surface area contributed by atoms with Gasteiger partial charge in [0, 0.05) is 23.9 Å². The Labute approximate surface area is 163 Å². The van der Waals surface area contributed by atoms with Crippen LogP contribution in [0.4, 0.5) is 4.79 Å². The third-order valence-corrected chi connectivity index (χ3v) is 5.17. The number of rotatable bonds is 8. The minimum absolute atomic E-state index is 0.0865. The highest BCUT2D eigenvalue weighted by atomic mass is 32.1. The lowest BCUT2D eigenvalue weighted by molar-refractivity contribution is -0.143. The van der Waals surface area contributed by atoms with Gasteiger partial charge in [0.05, 0.1) is 5.69 Å². The molecule has 2 N–H and O–H groups in total. The molecule has 1 atom stereocenters. The van der Waals surface area contributed by atoms with E-state index < -0.39 is 18.1 Å². The lowest BCUT2D eigenvalue weighted by Gasteiger charge is -2.27. The number of carboxylic acid groups (broad SMARTS) is 2. The summed E-state index contributed by atoms with van der Waals surface area (Å²) < 4.78 is 0. The Morgan fingerprint density at radius 3 is 2.30 bits per heavy atom. The number of nitrogens with zero attached hydrogens (tertiary/aromatic N) is 2. The second-order valence-corrected chi connectivity index (χ2v) is 8.09. The molecular weight excluding hydrogens is 364 g/mol. The van der Waals surface area contributed by atoms with E-state index in [1.165, 1.54) is 11.3 Å². The summed E-state index contributed by atoms with van der Waals surface area (Å²) in [6.45, 7) is 7.95. The van der Waals surface area contributed by atoms with E-state index >= 15 is 0 Å². The summed E-state index contributed by atoms with van der Waals surface area (Å²) in [7, 11) is 0. The number of thiazole rings is 1. The van der Waals surface area contributed by atoms with Gasteiger partial charge in [-0.05, 0) is 38.3 Å². The zero-order chi connectivity index (χ0) is 20.1. The molecule has 0 aliphatic carbocycles. The van der Waals surface area contributed by atoms with Crippen molar-refractivity contribution >= 4 is 23.4 Å². The topological polar surface area (TPSA) is 90.7 Å². The van der Waals surface area contributed by atoms with E-state index in [9.17, 15) is 19.8 Å². The molecule has 0 aliphatic rings. The van der Waals surface area contributed by atoms with Crippen LogP contribution >= 0.6 is 11.3 Å². The molecule has 0 saturated heterocycles. The predicted octanol–water partition coefficient (Wildman–Crippen LogP) is 4.45. The van der Waals surface area contributed by atoms with Crippen LogP contribution in [0.25, 0.3) is 10.6 Å². The summed E-state index contributed by atoms with van der Waals surface area (Å²) >= 11 is 1.51. The van der Waals surface area contributed by atoms with Crippen LogP contribution in [-0.4, -0.2) is 44.7 Å². The van der Waals surface area contributed by atoms with Gasteiger partial charge in [-0.2, -0.15) is 0 Å². The molecule has 0 saturated carbocycles. The van der Waals surface area contributed by atoms with Crippen molar-refractivity contribution in [2.75, 3.05) is 6.54 Å². The van der Waals surface area contributed by atoms with Crippen molar-refractivity contribution in [3.8, 4) is 10.6 Å². The second kappa shape index (κ2) is 8.99. The van der Waals surface area contributed by atoms with Crippen LogP contribution < -0.4 is 0 Å². The first-order valence-electron chi connectivity index (χ1n) is 8.92. The standard InChI is InChI=1S/C20H26N2O4S/c1-12(2)7-17(19(23)24)22(20(25)26)6-5-16-11-27-18(21-16)15-9-13(3)8-14(4)10-15/h8-12,17H,5-7H2,1-4H3,(H,23,24)(H,25,26). The van der Waals surface area contributed by atoms with Gasteiger partial charge < -0.3 is 10.2 Å². The summed E-state index contributed by atoms with van der Waals surface area (Å²) in [6.07, 6.45) is -0.546. The maximum Gasteiger partial charge on any atom is 0.408 e. The van der Waals surface area contributed by atoms with E-state index in [1.807, 2.05) is 33.1 Å². The number of aryl methyl sites for hydroxylation is 2. The van der Waals surface area contributed by atoms with E-state index in [0.29, 0.717) is 6.42 Å². The Balaban J connectivity index is 2.13. The van der Waals surface area contributed by atoms with E-state index in [2.05, 4.69) is 23.2 Å². The van der Waals surface area contributed by atoms with Crippen molar-refractivity contribution in [3.05, 3.63) is 40.4 Å². The van der Waals surface area contributed by atoms with Gasteiger partial charge in [-0.3, -0.25) is 4.90 Å². The quantitative estimate of drug-likeness (QED) is 0.695. The smallest absolute Gasteiger partial charge is 0.408 e. The van der Waals surface area contributed by atoms with Gasteiger partial charge in [0.25, 0.3) is 0 Å². The van der Waals surface area contributed by atoms with Gasteiger partial charge >= 0.3 is 12.1 Å². The molecule has 2 rings (SSSR count). The average Bonchev–Trinajstić information content (AvgIpc) is 3.01. The molecule has 2 aromatic rings. The molecule has 7 heteroatoms. The number of carbonyl (C=O) groups is 2. The Kier molecular flexibility index (Phi) is 6.96. The Bertz CT molecular complexity index is 796. The summed E-state index contributed by atoms with van der Waals surface area (Å²) in [4.78, 5) is 28.7. The predicted molar refractivity (Wildman–Crippen MR) is 106 cm³/mol. The number of aromatic nitrogens is 1. The molecule has 1 aromatic heterocycles. The van der Waals surface area contributed by atoms with Crippen LogP contribution in [0.1, 0.15) is 37.1 Å². The van der Waals surface area contributed by atoms with Gasteiger partial charge in [0.15, 0.2) is 0 Å². The molecule has 0 radical (unpaired) electrons. The SMILES string of the molecule is Cc1cc(C)cc(-c2nc(CCN(C(=O)O)C(CC(C)C)C(=O)O)cs2)c1. The largest absolute Gasteiger partial charge is 0.480 e. The fraction of sp³-hybridized carbons (Fsp3) is 0.450. The van der Waals surface area contributed by atoms with Crippen molar-refractivity contribution in [2.45, 2.75) is 46.6 Å². The molecule has 0 spiro atoms. The average molecular weight is 391 g/mol. The first-order chi connectivity index (χ1) is 12.7. The molecule has 0 aliphatic heterocycles. The number of aliphatic carboxylic acids is 1. The van der Waals surface area contributed by atoms with Crippen molar-refractivity contribution < 1.29 is 19.8 Å². The lowest BCUT2D eigenvalue weighted by Crippen LogP contribution is -2.46. The summed E-state index contributed by atoms with van der Waals surface area (Å²) in [5.41, 5.74) is 4.14. The molecule has 1 aromatic carbocycles. The van der Waals surface area contributed by atoms with E-state index in [4.69, 9.17) is 0 Å². The molecule has 1 amide bonds. The molecule has 0 fully saturated rings. The Hall–Kier alpha value is -2.41. The second-order valence-electron chi connectivity index (χ2n) is 7.23. The van der Waals surface area contributed by atoms with Crippen LogP contribution in [0.2, 0.25) is 0 Å². The van der Waals surface area contributed by atoms with Gasteiger partial charge in [-0.15, -0.1) is 11.3 Å². The van der Waals surface area contributed by atoms with E-state index in [1.54, 1.807) is 0 Å². The first-order valence-corrected chi connectivity index (χ1v) is 9.80. The maximum absolute atomic E-state index is 11.6. The van der Waals surface area contributed by atoms with Gasteiger partial charge in [0.2, 0.25) is 0 Å². The maximum atomic E-state index is 11.6. The highest BCUT2D eigenvalue weighted by Gasteiger charge is 2.30. The number of benzene rings is 1. The molecular formula is C20H26N2O4S. The highest BCUT2D eigenvalue weighted by molar-refractivity contribution is 7.13. The molecule has 146 valence electrons. The van der Waals surface area contributed by atoms with Gasteiger partial charge in [0.1, 0.15) is 11.0 Å². The first kappa shape index (κ1) is 20.9. The number of hydrogen-bond acceptors (Lipinski definition) is 4. The van der Waals surface area contributed by atoms with Crippen LogP contribution in [0, 0.1) is 19.8 Å². The van der Waals surface area contributed by atoms with Crippen LogP contribution in [0.5, 0.6) is 0 Å². The number of amides is 1. The minimum Gasteiger partial charge on any atom is -0.480 e. The minimum atomic E-state index is -1.21. The molecule has 1 heterocycles. The third-order valence-electron chi connectivity index (χ3n) is 4.23. The molecule has 0 bridgehead atoms. The summed E-state index contributed by atoms with van der Waals surface area (Å²) in [6, 6.07) is 5.20.